The molecule has 0 saturated carbocycles. The molecule has 1 fully saturated rings. The van der Waals surface area contributed by atoms with Gasteiger partial charge < -0.3 is 25.0 Å². The lowest BCUT2D eigenvalue weighted by Crippen LogP contribution is -2.46. The summed E-state index contributed by atoms with van der Waals surface area (Å²) in [4.78, 5) is 24.3. The molecule has 4 rings (SSSR count). The lowest BCUT2D eigenvalue weighted by atomic mass is 10.0. The summed E-state index contributed by atoms with van der Waals surface area (Å²) in [5.74, 6) is -1.26. The number of hydrogen-bond donors (Lipinski definition) is 3. The van der Waals surface area contributed by atoms with Crippen LogP contribution in [0.25, 0.3) is 0 Å². The molecular formula is C23H23F7N5O5P. The number of halogens is 7. The molecule has 0 radical (unpaired) electrons. The van der Waals surface area contributed by atoms with Crippen LogP contribution in [0.3, 0.4) is 0 Å². The number of benzene rings is 2. The molecule has 3 aromatic rings. The van der Waals surface area contributed by atoms with Gasteiger partial charge in [0.05, 0.1) is 36.4 Å². The van der Waals surface area contributed by atoms with Gasteiger partial charge in [-0.25, -0.2) is 8.96 Å². The molecule has 1 saturated heterocycles. The Labute approximate surface area is 227 Å². The Hall–Kier alpha value is -3.08. The summed E-state index contributed by atoms with van der Waals surface area (Å²) in [6, 6.07) is 5.20. The van der Waals surface area contributed by atoms with Gasteiger partial charge >= 0.3 is 20.1 Å². The van der Waals surface area contributed by atoms with Crippen molar-refractivity contribution in [3.05, 3.63) is 76.4 Å². The van der Waals surface area contributed by atoms with Crippen LogP contribution in [0, 0.1) is 5.82 Å². The van der Waals surface area contributed by atoms with E-state index in [0.717, 1.165) is 12.1 Å². The molecule has 224 valence electrons. The van der Waals surface area contributed by atoms with Crippen LogP contribution in [0.15, 0.2) is 42.5 Å². The van der Waals surface area contributed by atoms with Gasteiger partial charge in [0.2, 0.25) is 5.95 Å². The number of morpholine rings is 1. The highest BCUT2D eigenvalue weighted by molar-refractivity contribution is 7.50. The molecule has 0 amide bonds. The van der Waals surface area contributed by atoms with E-state index in [0.29, 0.717) is 17.7 Å². The molecule has 3 atom stereocenters. The van der Waals surface area contributed by atoms with Crippen molar-refractivity contribution in [3.8, 4) is 0 Å². The summed E-state index contributed by atoms with van der Waals surface area (Å²) < 4.78 is 117. The van der Waals surface area contributed by atoms with Gasteiger partial charge in [-0.15, -0.1) is 9.55 Å². The molecule has 1 aliphatic rings. The Kier molecular flexibility index (Phi) is 8.51. The smallest absolute Gasteiger partial charge is 0.368 e. The van der Waals surface area contributed by atoms with Gasteiger partial charge in [0.25, 0.3) is 0 Å². The van der Waals surface area contributed by atoms with Crippen LogP contribution in [0.4, 0.5) is 36.7 Å². The SMILES string of the molecule is C[C@@H](O[C@H]1OCCN(Cc2nc(N)n(P(=O)(O)O)n2)[C@H]1c1ccc(F)cc1)c1cc(C(F)(F)F)cc(C(F)(F)F)c1. The Bertz CT molecular complexity index is 1400. The highest BCUT2D eigenvalue weighted by atomic mass is 31.2. The first-order valence-electron chi connectivity index (χ1n) is 11.8. The zero-order valence-corrected chi connectivity index (χ0v) is 21.9. The van der Waals surface area contributed by atoms with Gasteiger partial charge in [0.1, 0.15) is 5.82 Å². The van der Waals surface area contributed by atoms with Gasteiger partial charge in [-0.05, 0) is 48.4 Å². The first-order chi connectivity index (χ1) is 18.9. The second-order valence-corrected chi connectivity index (χ2v) is 10.5. The predicted octanol–water partition coefficient (Wildman–Crippen LogP) is 4.66. The predicted molar refractivity (Wildman–Crippen MR) is 127 cm³/mol. The summed E-state index contributed by atoms with van der Waals surface area (Å²) in [6.45, 7) is 1.20. The largest absolute Gasteiger partial charge is 0.453 e. The normalized spacial score (nSPS) is 19.9. The molecular weight excluding hydrogens is 590 g/mol. The summed E-state index contributed by atoms with van der Waals surface area (Å²) in [5.41, 5.74) is 2.52. The van der Waals surface area contributed by atoms with Crippen molar-refractivity contribution in [1.82, 2.24) is 19.4 Å². The van der Waals surface area contributed by atoms with Gasteiger partial charge in [-0.2, -0.15) is 31.3 Å². The molecule has 1 aliphatic heterocycles. The maximum absolute atomic E-state index is 13.7. The van der Waals surface area contributed by atoms with Crippen LogP contribution in [0.1, 0.15) is 47.1 Å². The Morgan fingerprint density at radius 3 is 2.20 bits per heavy atom. The minimum atomic E-state index is -5.06. The zero-order valence-electron chi connectivity index (χ0n) is 21.0. The number of anilines is 1. The van der Waals surface area contributed by atoms with Crippen LogP contribution >= 0.6 is 7.75 Å². The maximum Gasteiger partial charge on any atom is 0.453 e. The lowest BCUT2D eigenvalue weighted by Gasteiger charge is -2.41. The van der Waals surface area contributed by atoms with Crippen molar-refractivity contribution in [2.24, 2.45) is 0 Å². The van der Waals surface area contributed by atoms with E-state index in [1.54, 1.807) is 4.90 Å². The number of rotatable bonds is 7. The van der Waals surface area contributed by atoms with Gasteiger partial charge in [-0.3, -0.25) is 4.90 Å². The van der Waals surface area contributed by atoms with Crippen molar-refractivity contribution in [1.29, 1.82) is 0 Å². The number of nitrogen functional groups attached to an aromatic ring is 1. The van der Waals surface area contributed by atoms with Crippen LogP contribution in [-0.2, 0) is 32.9 Å². The second-order valence-electron chi connectivity index (χ2n) is 9.11. The molecule has 1 aromatic heterocycles. The minimum absolute atomic E-state index is 0.00580. The molecule has 41 heavy (non-hydrogen) atoms. The highest BCUT2D eigenvalue weighted by Gasteiger charge is 2.40. The van der Waals surface area contributed by atoms with E-state index in [9.17, 15) is 45.1 Å². The van der Waals surface area contributed by atoms with Gasteiger partial charge in [-0.1, -0.05) is 12.1 Å². The van der Waals surface area contributed by atoms with Gasteiger partial charge in [0, 0.05) is 6.54 Å². The summed E-state index contributed by atoms with van der Waals surface area (Å²) in [7, 11) is -4.92. The quantitative estimate of drug-likeness (QED) is 0.257. The molecule has 0 aliphatic carbocycles. The van der Waals surface area contributed by atoms with Crippen molar-refractivity contribution in [2.75, 3.05) is 18.9 Å². The van der Waals surface area contributed by atoms with Crippen LogP contribution < -0.4 is 5.73 Å². The van der Waals surface area contributed by atoms with E-state index >= 15 is 0 Å². The summed E-state index contributed by atoms with van der Waals surface area (Å²) >= 11 is 0. The monoisotopic (exact) mass is 613 g/mol. The fraction of sp³-hybridized carbons (Fsp3) is 0.391. The van der Waals surface area contributed by atoms with E-state index in [-0.39, 0.29) is 36.0 Å². The van der Waals surface area contributed by atoms with E-state index in [1.807, 2.05) is 0 Å². The molecule has 0 spiro atoms. The van der Waals surface area contributed by atoms with E-state index < -0.39 is 67.0 Å². The van der Waals surface area contributed by atoms with Crippen LogP contribution in [0.5, 0.6) is 0 Å². The Morgan fingerprint density at radius 2 is 1.68 bits per heavy atom. The molecule has 18 heteroatoms. The fourth-order valence-corrected chi connectivity index (χ4v) is 4.83. The topological polar surface area (TPSA) is 136 Å². The first-order valence-corrected chi connectivity index (χ1v) is 13.3. The number of alkyl halides is 6. The van der Waals surface area contributed by atoms with Gasteiger partial charge in [0.15, 0.2) is 12.1 Å². The molecule has 10 nitrogen and oxygen atoms in total. The third kappa shape index (κ3) is 7.23. The minimum Gasteiger partial charge on any atom is -0.368 e. The van der Waals surface area contributed by atoms with E-state index in [2.05, 4.69) is 10.1 Å². The molecule has 0 bridgehead atoms. The van der Waals surface area contributed by atoms with Crippen molar-refractivity contribution in [2.45, 2.75) is 44.3 Å². The van der Waals surface area contributed by atoms with Crippen molar-refractivity contribution >= 4 is 13.7 Å². The van der Waals surface area contributed by atoms with Crippen LogP contribution in [-0.4, -0.2) is 48.7 Å². The van der Waals surface area contributed by atoms with Crippen LogP contribution in [0.2, 0.25) is 0 Å². The van der Waals surface area contributed by atoms with Crippen molar-refractivity contribution in [3.63, 3.8) is 0 Å². The standard InChI is InChI=1S/C23H23F7N5O5P/c1-12(14-8-15(22(25,26)27)10-16(9-14)23(28,29)30)40-20-19(13-2-4-17(24)5-3-13)34(6-7-39-20)11-18-32-21(31)35(33-18)41(36,37)38/h2-5,8-10,12,19-20H,6-7,11H2,1H3,(H2,31,32,33)(H2,36,37,38)/t12-,19+,20-/m1/s1. The third-order valence-corrected chi connectivity index (χ3v) is 6.98. The average Bonchev–Trinajstić information content (AvgIpc) is 3.24. The number of ether oxygens (including phenoxy) is 2. The lowest BCUT2D eigenvalue weighted by molar-refractivity contribution is -0.231. The highest BCUT2D eigenvalue weighted by Crippen LogP contribution is 2.41. The molecule has 4 N–H and O–H groups in total. The molecule has 0 unspecified atom stereocenters. The maximum atomic E-state index is 13.7. The average molecular weight is 613 g/mol. The van der Waals surface area contributed by atoms with E-state index in [1.165, 1.54) is 19.1 Å². The Balaban J connectivity index is 1.68. The van der Waals surface area contributed by atoms with Crippen molar-refractivity contribution < 1.29 is 54.6 Å². The fourth-order valence-electron chi connectivity index (χ4n) is 4.30. The summed E-state index contributed by atoms with van der Waals surface area (Å²) in [5, 5.41) is 3.74. The zero-order chi connectivity index (χ0) is 30.3. The van der Waals surface area contributed by atoms with E-state index in [4.69, 9.17) is 15.2 Å². The summed E-state index contributed by atoms with van der Waals surface area (Å²) in [6.07, 6.45) is -12.8. The number of nitrogens with zero attached hydrogens (tertiary/aromatic N) is 4. The number of hydrogen-bond acceptors (Lipinski definition) is 7. The second kappa shape index (κ2) is 11.3. The molecule has 2 aromatic carbocycles. The third-order valence-electron chi connectivity index (χ3n) is 6.19. The first kappa shape index (κ1) is 30.9. The Morgan fingerprint density at radius 1 is 1.10 bits per heavy atom. The number of aromatic nitrogens is 3. The number of nitrogens with two attached hydrogens (primary N) is 1. The molecule has 2 heterocycles.